The van der Waals surface area contributed by atoms with E-state index in [2.05, 4.69) is 25.9 Å². The van der Waals surface area contributed by atoms with Crippen molar-refractivity contribution in [3.8, 4) is 0 Å². The Morgan fingerprint density at radius 1 is 1.14 bits per heavy atom. The number of nitrogens with zero attached hydrogens (tertiary/aromatic N) is 1. The minimum atomic E-state index is -1.38. The number of aliphatic hydroxyl groups is 1. The molecule has 0 aliphatic carbocycles. The molecule has 8 N–H and O–H groups in total. The zero-order chi connectivity index (χ0) is 22.0. The molecule has 3 amide bonds. The summed E-state index contributed by atoms with van der Waals surface area (Å²) in [4.78, 5) is 54.2. The van der Waals surface area contributed by atoms with Gasteiger partial charge in [-0.3, -0.25) is 19.2 Å². The number of carbonyl (C=O) groups is 4. The Labute approximate surface area is 167 Å². The fraction of sp³-hybridized carbons (Fsp3) is 0.588. The van der Waals surface area contributed by atoms with Gasteiger partial charge in [0.05, 0.1) is 19.0 Å². The van der Waals surface area contributed by atoms with E-state index in [1.165, 1.54) is 12.5 Å². The summed E-state index contributed by atoms with van der Waals surface area (Å²) in [6.07, 6.45) is 3.35. The Kier molecular flexibility index (Phi) is 9.75. The molecule has 0 bridgehead atoms. The number of aromatic nitrogens is 2. The Bertz CT molecular complexity index is 693. The Hall–Kier alpha value is -2.99. The lowest BCUT2D eigenvalue weighted by Crippen LogP contribution is -2.57. The van der Waals surface area contributed by atoms with Gasteiger partial charge in [-0.15, -0.1) is 0 Å². The van der Waals surface area contributed by atoms with Crippen molar-refractivity contribution < 1.29 is 29.4 Å². The molecule has 1 aromatic rings. The first-order valence-electron chi connectivity index (χ1n) is 9.08. The fourth-order valence-electron chi connectivity index (χ4n) is 2.47. The highest BCUT2D eigenvalue weighted by Gasteiger charge is 2.28. The number of rotatable bonds is 12. The number of carbonyl (C=O) groups excluding carboxylic acids is 3. The van der Waals surface area contributed by atoms with Crippen LogP contribution in [0.2, 0.25) is 0 Å². The third kappa shape index (κ3) is 8.70. The number of carboxylic acids is 1. The lowest BCUT2D eigenvalue weighted by Gasteiger charge is -2.23. The van der Waals surface area contributed by atoms with Crippen molar-refractivity contribution in [1.29, 1.82) is 0 Å². The predicted molar refractivity (Wildman–Crippen MR) is 101 cm³/mol. The van der Waals surface area contributed by atoms with Crippen LogP contribution in [0.5, 0.6) is 0 Å². The second-order valence-corrected chi connectivity index (χ2v) is 6.93. The maximum absolute atomic E-state index is 12.7. The second-order valence-electron chi connectivity index (χ2n) is 6.93. The van der Waals surface area contributed by atoms with Crippen molar-refractivity contribution in [2.24, 2.45) is 11.7 Å². The molecule has 0 aliphatic heterocycles. The normalized spacial score (nSPS) is 14.0. The maximum Gasteiger partial charge on any atom is 0.322 e. The molecule has 0 spiro atoms. The van der Waals surface area contributed by atoms with E-state index in [1.807, 2.05) is 13.8 Å². The molecule has 1 heterocycles. The first kappa shape index (κ1) is 24.0. The fourth-order valence-corrected chi connectivity index (χ4v) is 2.47. The van der Waals surface area contributed by atoms with E-state index >= 15 is 0 Å². The van der Waals surface area contributed by atoms with Crippen LogP contribution in [-0.2, 0) is 25.6 Å². The van der Waals surface area contributed by atoms with Crippen LogP contribution in [0.1, 0.15) is 26.0 Å². The van der Waals surface area contributed by atoms with Gasteiger partial charge in [-0.05, 0) is 12.3 Å². The van der Waals surface area contributed by atoms with Gasteiger partial charge in [0.1, 0.15) is 18.6 Å². The van der Waals surface area contributed by atoms with E-state index in [9.17, 15) is 24.3 Å². The summed E-state index contributed by atoms with van der Waals surface area (Å²) in [5, 5.41) is 24.9. The Balaban J connectivity index is 2.84. The lowest BCUT2D eigenvalue weighted by atomic mass is 10.0. The van der Waals surface area contributed by atoms with Crippen molar-refractivity contribution in [3.05, 3.63) is 18.2 Å². The SMILES string of the molecule is CC(C)CC(N)C(=O)NC(Cc1cnc[nH]1)C(=O)NC(CO)C(=O)NCC(=O)O. The van der Waals surface area contributed by atoms with E-state index in [0.717, 1.165) is 0 Å². The number of hydrogen-bond donors (Lipinski definition) is 7. The highest BCUT2D eigenvalue weighted by atomic mass is 16.4. The third-order valence-electron chi connectivity index (χ3n) is 3.90. The molecular weight excluding hydrogens is 384 g/mol. The van der Waals surface area contributed by atoms with Crippen molar-refractivity contribution in [3.63, 3.8) is 0 Å². The number of H-pyrrole nitrogens is 1. The highest BCUT2D eigenvalue weighted by Crippen LogP contribution is 2.05. The van der Waals surface area contributed by atoms with E-state index in [0.29, 0.717) is 12.1 Å². The standard InChI is InChI=1S/C17H28N6O6/c1-9(2)3-11(18)15(27)22-12(4-10-5-19-8-21-10)17(29)23-13(7-24)16(28)20-6-14(25)26/h5,8-9,11-13,24H,3-4,6-7,18H2,1-2H3,(H,19,21)(H,20,28)(H,22,27)(H,23,29)(H,25,26). The van der Waals surface area contributed by atoms with Crippen molar-refractivity contribution in [2.75, 3.05) is 13.2 Å². The minimum absolute atomic E-state index is 0.0425. The molecule has 3 unspecified atom stereocenters. The van der Waals surface area contributed by atoms with Gasteiger partial charge < -0.3 is 36.9 Å². The number of aromatic amines is 1. The monoisotopic (exact) mass is 412 g/mol. The van der Waals surface area contributed by atoms with Crippen LogP contribution in [0.25, 0.3) is 0 Å². The van der Waals surface area contributed by atoms with Crippen LogP contribution in [0, 0.1) is 5.92 Å². The number of carboxylic acid groups (broad SMARTS) is 1. The van der Waals surface area contributed by atoms with Crippen LogP contribution >= 0.6 is 0 Å². The highest BCUT2D eigenvalue weighted by molar-refractivity contribution is 5.93. The molecule has 0 radical (unpaired) electrons. The van der Waals surface area contributed by atoms with Crippen molar-refractivity contribution >= 4 is 23.7 Å². The molecule has 29 heavy (non-hydrogen) atoms. The van der Waals surface area contributed by atoms with Gasteiger partial charge in [0.15, 0.2) is 0 Å². The molecule has 0 saturated heterocycles. The van der Waals surface area contributed by atoms with Crippen LogP contribution in [0.15, 0.2) is 12.5 Å². The number of nitrogens with two attached hydrogens (primary N) is 1. The van der Waals surface area contributed by atoms with Crippen LogP contribution < -0.4 is 21.7 Å². The molecule has 1 rings (SSSR count). The molecule has 0 saturated carbocycles. The van der Waals surface area contributed by atoms with E-state index < -0.39 is 55.0 Å². The predicted octanol–water partition coefficient (Wildman–Crippen LogP) is -2.51. The molecular formula is C17H28N6O6. The van der Waals surface area contributed by atoms with Crippen LogP contribution in [0.4, 0.5) is 0 Å². The summed E-state index contributed by atoms with van der Waals surface area (Å²) >= 11 is 0. The van der Waals surface area contributed by atoms with E-state index in [-0.39, 0.29) is 12.3 Å². The van der Waals surface area contributed by atoms with Crippen LogP contribution in [0.3, 0.4) is 0 Å². The molecule has 12 heteroatoms. The molecule has 12 nitrogen and oxygen atoms in total. The smallest absolute Gasteiger partial charge is 0.322 e. The molecule has 0 aromatic carbocycles. The largest absolute Gasteiger partial charge is 0.480 e. The van der Waals surface area contributed by atoms with E-state index in [4.69, 9.17) is 10.8 Å². The summed E-state index contributed by atoms with van der Waals surface area (Å²) in [7, 11) is 0. The summed E-state index contributed by atoms with van der Waals surface area (Å²) < 4.78 is 0. The number of aliphatic carboxylic acids is 1. The second kappa shape index (κ2) is 11.8. The first-order chi connectivity index (χ1) is 13.6. The Morgan fingerprint density at radius 2 is 1.79 bits per heavy atom. The lowest BCUT2D eigenvalue weighted by molar-refractivity contribution is -0.139. The molecule has 3 atom stereocenters. The minimum Gasteiger partial charge on any atom is -0.480 e. The van der Waals surface area contributed by atoms with Gasteiger partial charge in [-0.25, -0.2) is 4.98 Å². The van der Waals surface area contributed by atoms with Gasteiger partial charge in [0.25, 0.3) is 0 Å². The van der Waals surface area contributed by atoms with Gasteiger partial charge in [-0.2, -0.15) is 0 Å². The maximum atomic E-state index is 12.7. The number of aliphatic hydroxyl groups excluding tert-OH is 1. The molecule has 162 valence electrons. The number of hydrogen-bond acceptors (Lipinski definition) is 7. The van der Waals surface area contributed by atoms with Gasteiger partial charge >= 0.3 is 5.97 Å². The zero-order valence-corrected chi connectivity index (χ0v) is 16.3. The van der Waals surface area contributed by atoms with Gasteiger partial charge in [0.2, 0.25) is 17.7 Å². The number of amides is 3. The van der Waals surface area contributed by atoms with E-state index in [1.54, 1.807) is 0 Å². The van der Waals surface area contributed by atoms with Crippen molar-refractivity contribution in [2.45, 2.75) is 44.8 Å². The summed E-state index contributed by atoms with van der Waals surface area (Å²) in [5.74, 6) is -3.24. The topological polar surface area (TPSA) is 200 Å². The van der Waals surface area contributed by atoms with Gasteiger partial charge in [0, 0.05) is 18.3 Å². The number of nitrogens with one attached hydrogen (secondary N) is 4. The summed E-state index contributed by atoms with van der Waals surface area (Å²) in [5.41, 5.74) is 6.41. The average molecular weight is 412 g/mol. The zero-order valence-electron chi connectivity index (χ0n) is 16.3. The average Bonchev–Trinajstić information content (AvgIpc) is 3.15. The third-order valence-corrected chi connectivity index (χ3v) is 3.90. The molecule has 1 aromatic heterocycles. The quantitative estimate of drug-likeness (QED) is 0.195. The summed E-state index contributed by atoms with van der Waals surface area (Å²) in [6.45, 7) is 2.39. The molecule has 0 aliphatic rings. The number of imidazole rings is 1. The molecule has 0 fully saturated rings. The van der Waals surface area contributed by atoms with Gasteiger partial charge in [-0.1, -0.05) is 13.8 Å². The first-order valence-corrected chi connectivity index (χ1v) is 9.08. The Morgan fingerprint density at radius 3 is 2.31 bits per heavy atom. The van der Waals surface area contributed by atoms with Crippen LogP contribution in [-0.4, -0.2) is 75.1 Å². The summed E-state index contributed by atoms with van der Waals surface area (Å²) in [6, 6.07) is -3.30. The van der Waals surface area contributed by atoms with Crippen molar-refractivity contribution in [1.82, 2.24) is 25.9 Å².